The normalized spacial score (nSPS) is 22.8. The van der Waals surface area contributed by atoms with Gasteiger partial charge in [0, 0.05) is 29.0 Å². The number of dihydropyridines is 1. The van der Waals surface area contributed by atoms with Crippen LogP contribution in [-0.2, 0) is 4.79 Å². The number of rotatable bonds is 1. The topological polar surface area (TPSA) is 65.8 Å². The number of carbonyl (C=O) groups is 1. The Morgan fingerprint density at radius 1 is 1.33 bits per heavy atom. The molecule has 0 bridgehead atoms. The molecule has 0 saturated heterocycles. The average Bonchev–Trinajstić information content (AvgIpc) is 2.44. The molecule has 1 aliphatic carbocycles. The summed E-state index contributed by atoms with van der Waals surface area (Å²) in [6.45, 7) is 5.99. The quantitative estimate of drug-likeness (QED) is 0.746. The van der Waals surface area contributed by atoms with Crippen LogP contribution in [0.2, 0.25) is 10.3 Å². The Hall–Kier alpha value is -1.83. The summed E-state index contributed by atoms with van der Waals surface area (Å²) >= 11 is 12.2. The van der Waals surface area contributed by atoms with Gasteiger partial charge in [-0.3, -0.25) is 4.79 Å². The van der Waals surface area contributed by atoms with E-state index in [1.54, 1.807) is 12.1 Å². The van der Waals surface area contributed by atoms with Gasteiger partial charge >= 0.3 is 0 Å². The second-order valence-electron chi connectivity index (χ2n) is 7.06. The first-order chi connectivity index (χ1) is 11.2. The van der Waals surface area contributed by atoms with Gasteiger partial charge in [0.1, 0.15) is 10.3 Å². The number of nitriles is 1. The molecule has 2 heterocycles. The Kier molecular flexibility index (Phi) is 4.19. The summed E-state index contributed by atoms with van der Waals surface area (Å²) in [5.41, 5.74) is 3.27. The second kappa shape index (κ2) is 5.91. The first-order valence-electron chi connectivity index (χ1n) is 7.69. The minimum absolute atomic E-state index is 0.0463. The lowest BCUT2D eigenvalue weighted by atomic mass is 9.69. The Labute approximate surface area is 151 Å². The maximum atomic E-state index is 12.9. The van der Waals surface area contributed by atoms with E-state index in [9.17, 15) is 10.1 Å². The third-order valence-corrected chi connectivity index (χ3v) is 5.03. The van der Waals surface area contributed by atoms with E-state index in [2.05, 4.69) is 30.2 Å². The first kappa shape index (κ1) is 17.0. The molecule has 0 aromatic carbocycles. The summed E-state index contributed by atoms with van der Waals surface area (Å²) in [6.07, 6.45) is 1.19. The van der Waals surface area contributed by atoms with Gasteiger partial charge in [0.05, 0.1) is 17.6 Å². The average molecular weight is 362 g/mol. The highest BCUT2D eigenvalue weighted by Gasteiger charge is 2.41. The van der Waals surface area contributed by atoms with Crippen molar-refractivity contribution >= 4 is 29.0 Å². The molecule has 0 fully saturated rings. The molecule has 1 atom stereocenters. The molecule has 0 radical (unpaired) electrons. The zero-order valence-corrected chi connectivity index (χ0v) is 15.2. The Bertz CT molecular complexity index is 846. The highest BCUT2D eigenvalue weighted by atomic mass is 35.5. The maximum Gasteiger partial charge on any atom is 0.162 e. The summed E-state index contributed by atoms with van der Waals surface area (Å²) in [5.74, 6) is -0.447. The van der Waals surface area contributed by atoms with E-state index >= 15 is 0 Å². The van der Waals surface area contributed by atoms with Gasteiger partial charge in [-0.25, -0.2) is 4.98 Å². The molecule has 3 rings (SSSR count). The number of allylic oxidation sites excluding steroid dienone is 4. The molecular weight excluding hydrogens is 345 g/mol. The van der Waals surface area contributed by atoms with Crippen LogP contribution in [0.3, 0.4) is 0 Å². The number of nitrogens with one attached hydrogen (secondary N) is 1. The molecule has 1 aliphatic heterocycles. The summed E-state index contributed by atoms with van der Waals surface area (Å²) in [7, 11) is 0. The molecule has 0 amide bonds. The van der Waals surface area contributed by atoms with Crippen molar-refractivity contribution in [1.29, 1.82) is 5.26 Å². The monoisotopic (exact) mass is 361 g/mol. The standard InChI is InChI=1S/C18H17Cl2N3O/c1-9-11(8-21)15(10-4-5-14(19)23-17(10)20)16-12(22-9)6-18(2,3)7-13(16)24/h4-5,15,22H,6-7H2,1-3H3/t15-/m1/s1. The van der Waals surface area contributed by atoms with Crippen LogP contribution in [0.1, 0.15) is 45.1 Å². The van der Waals surface area contributed by atoms with Crippen LogP contribution in [0, 0.1) is 16.7 Å². The van der Waals surface area contributed by atoms with Gasteiger partial charge in [-0.15, -0.1) is 0 Å². The predicted molar refractivity (Wildman–Crippen MR) is 93.5 cm³/mol. The predicted octanol–water partition coefficient (Wildman–Crippen LogP) is 4.52. The molecule has 1 N–H and O–H groups in total. The highest BCUT2D eigenvalue weighted by Crippen LogP contribution is 2.47. The number of ketones is 1. The van der Waals surface area contributed by atoms with Crippen LogP contribution in [-0.4, -0.2) is 10.8 Å². The van der Waals surface area contributed by atoms with Crippen molar-refractivity contribution in [1.82, 2.24) is 10.3 Å². The lowest BCUT2D eigenvalue weighted by molar-refractivity contribution is -0.118. The van der Waals surface area contributed by atoms with E-state index in [4.69, 9.17) is 23.2 Å². The van der Waals surface area contributed by atoms with E-state index in [0.29, 0.717) is 23.1 Å². The summed E-state index contributed by atoms with van der Waals surface area (Å²) < 4.78 is 0. The van der Waals surface area contributed by atoms with Gasteiger partial charge in [0.2, 0.25) is 0 Å². The van der Waals surface area contributed by atoms with E-state index < -0.39 is 5.92 Å². The van der Waals surface area contributed by atoms with Gasteiger partial charge in [0.25, 0.3) is 0 Å². The number of hydrogen-bond donors (Lipinski definition) is 1. The summed E-state index contributed by atoms with van der Waals surface area (Å²) in [4.78, 5) is 16.9. The van der Waals surface area contributed by atoms with Crippen molar-refractivity contribution in [3.63, 3.8) is 0 Å². The van der Waals surface area contributed by atoms with Gasteiger partial charge in [0.15, 0.2) is 5.78 Å². The zero-order valence-electron chi connectivity index (χ0n) is 13.7. The lowest BCUT2D eigenvalue weighted by Crippen LogP contribution is -2.37. The zero-order chi connectivity index (χ0) is 17.6. The maximum absolute atomic E-state index is 12.9. The highest BCUT2D eigenvalue weighted by molar-refractivity contribution is 6.33. The molecule has 2 aliphatic rings. The number of aromatic nitrogens is 1. The van der Waals surface area contributed by atoms with Crippen molar-refractivity contribution in [2.75, 3.05) is 0 Å². The van der Waals surface area contributed by atoms with Crippen molar-refractivity contribution in [3.8, 4) is 6.07 Å². The summed E-state index contributed by atoms with van der Waals surface area (Å²) in [6, 6.07) is 5.61. The van der Waals surface area contributed by atoms with E-state index in [-0.39, 0.29) is 21.5 Å². The number of Topliss-reactive ketones (excluding diaryl/α,β-unsaturated/α-hetero) is 1. The van der Waals surface area contributed by atoms with E-state index in [1.807, 2.05) is 6.92 Å². The van der Waals surface area contributed by atoms with Crippen LogP contribution < -0.4 is 5.32 Å². The molecule has 6 heteroatoms. The minimum Gasteiger partial charge on any atom is -0.361 e. The lowest BCUT2D eigenvalue weighted by Gasteiger charge is -2.38. The van der Waals surface area contributed by atoms with Crippen molar-refractivity contribution < 1.29 is 4.79 Å². The van der Waals surface area contributed by atoms with Gasteiger partial charge in [-0.1, -0.05) is 43.1 Å². The molecule has 0 saturated carbocycles. The number of carbonyl (C=O) groups excluding carboxylic acids is 1. The summed E-state index contributed by atoms with van der Waals surface area (Å²) in [5, 5.41) is 13.4. The van der Waals surface area contributed by atoms with Crippen molar-refractivity contribution in [2.45, 2.75) is 39.5 Å². The Morgan fingerprint density at radius 3 is 2.67 bits per heavy atom. The number of hydrogen-bond acceptors (Lipinski definition) is 4. The van der Waals surface area contributed by atoms with E-state index in [0.717, 1.165) is 17.8 Å². The third kappa shape index (κ3) is 2.83. The molecular formula is C18H17Cl2N3O. The third-order valence-electron chi connectivity index (χ3n) is 4.51. The van der Waals surface area contributed by atoms with Crippen LogP contribution >= 0.6 is 23.2 Å². The Morgan fingerprint density at radius 2 is 2.04 bits per heavy atom. The SMILES string of the molecule is CC1=C(C#N)[C@@H](c2ccc(Cl)nc2Cl)C2=C(CC(C)(C)CC2=O)N1. The molecule has 1 aromatic rings. The fourth-order valence-corrected chi connectivity index (χ4v) is 3.99. The van der Waals surface area contributed by atoms with Crippen LogP contribution in [0.25, 0.3) is 0 Å². The van der Waals surface area contributed by atoms with Gasteiger partial charge in [-0.05, 0) is 24.8 Å². The molecule has 24 heavy (non-hydrogen) atoms. The van der Waals surface area contributed by atoms with Crippen LogP contribution in [0.5, 0.6) is 0 Å². The largest absolute Gasteiger partial charge is 0.361 e. The fraction of sp³-hybridized carbons (Fsp3) is 0.389. The Balaban J connectivity index is 2.22. The van der Waals surface area contributed by atoms with Crippen LogP contribution in [0.4, 0.5) is 0 Å². The number of nitrogens with zero attached hydrogens (tertiary/aromatic N) is 2. The second-order valence-corrected chi connectivity index (χ2v) is 7.80. The molecule has 4 nitrogen and oxygen atoms in total. The molecule has 124 valence electrons. The van der Waals surface area contributed by atoms with E-state index in [1.165, 1.54) is 0 Å². The fourth-order valence-electron chi connectivity index (χ4n) is 3.53. The van der Waals surface area contributed by atoms with Gasteiger partial charge < -0.3 is 5.32 Å². The van der Waals surface area contributed by atoms with Gasteiger partial charge in [-0.2, -0.15) is 5.26 Å². The smallest absolute Gasteiger partial charge is 0.162 e. The van der Waals surface area contributed by atoms with Crippen LogP contribution in [0.15, 0.2) is 34.7 Å². The number of pyridine rings is 1. The van der Waals surface area contributed by atoms with Crippen molar-refractivity contribution in [2.24, 2.45) is 5.41 Å². The minimum atomic E-state index is -0.493. The molecule has 1 aromatic heterocycles. The molecule has 0 unspecified atom stereocenters. The van der Waals surface area contributed by atoms with Crippen molar-refractivity contribution in [3.05, 3.63) is 50.5 Å². The molecule has 0 spiro atoms. The first-order valence-corrected chi connectivity index (χ1v) is 8.45. The number of halogens is 2.